The smallest absolute Gasteiger partial charge is 0.187 e. The van der Waals surface area contributed by atoms with Crippen LogP contribution in [0.2, 0.25) is 0 Å². The Labute approximate surface area is 369 Å². The largest absolute Gasteiger partial charge is 0.394 e. The van der Waals surface area contributed by atoms with Crippen molar-refractivity contribution in [1.82, 2.24) is 0 Å². The highest BCUT2D eigenvalue weighted by molar-refractivity contribution is 5.26. The average Bonchev–Trinajstić information content (AvgIpc) is 3.73. The van der Waals surface area contributed by atoms with Crippen LogP contribution in [0, 0.1) is 45.3 Å². The number of aliphatic hydroxyl groups excluding tert-OH is 8. The van der Waals surface area contributed by atoms with Crippen molar-refractivity contribution >= 4 is 0 Å². The molecule has 24 atom stereocenters. The van der Waals surface area contributed by atoms with Crippen molar-refractivity contribution in [2.24, 2.45) is 45.3 Å². The Morgan fingerprint density at radius 1 is 0.714 bits per heavy atom. The van der Waals surface area contributed by atoms with Gasteiger partial charge in [-0.15, -0.1) is 0 Å². The van der Waals surface area contributed by atoms with Crippen molar-refractivity contribution in [3.05, 3.63) is 11.6 Å². The van der Waals surface area contributed by atoms with Crippen molar-refractivity contribution < 1.29 is 83.9 Å². The fraction of sp³-hybridized carbons (Fsp3) is 0.957. The Hall–Kier alpha value is -0.940. The lowest BCUT2D eigenvalue weighted by Crippen LogP contribution is -2.68. The number of hydrogen-bond donors (Lipinski definition) is 9. The second-order valence-electron chi connectivity index (χ2n) is 22.5. The topological polar surface area (TPSA) is 256 Å². The van der Waals surface area contributed by atoms with Crippen LogP contribution in [-0.2, 0) is 37.9 Å². The summed E-state index contributed by atoms with van der Waals surface area (Å²) >= 11 is 0. The molecule has 5 aliphatic heterocycles. The van der Waals surface area contributed by atoms with Gasteiger partial charge >= 0.3 is 0 Å². The third kappa shape index (κ3) is 7.19. The summed E-state index contributed by atoms with van der Waals surface area (Å²) in [6.45, 7) is 14.8. The molecule has 9 fully saturated rings. The summed E-state index contributed by atoms with van der Waals surface area (Å²) in [5.41, 5.74) is -0.454. The number of aliphatic hydroxyl groups is 9. The first kappa shape index (κ1) is 47.1. The van der Waals surface area contributed by atoms with Crippen LogP contribution in [0.4, 0.5) is 0 Å². The predicted octanol–water partition coefficient (Wildman–Crippen LogP) is 0.606. The van der Waals surface area contributed by atoms with Crippen molar-refractivity contribution in [2.45, 2.75) is 203 Å². The van der Waals surface area contributed by atoms with E-state index in [0.29, 0.717) is 25.4 Å². The van der Waals surface area contributed by atoms with Crippen molar-refractivity contribution in [3.63, 3.8) is 0 Å². The average molecular weight is 899 g/mol. The first-order valence-electron chi connectivity index (χ1n) is 23.4. The maximum atomic E-state index is 12.2. The molecule has 2 bridgehead atoms. The minimum atomic E-state index is -1.79. The Bertz CT molecular complexity index is 1710. The highest BCUT2D eigenvalue weighted by Crippen LogP contribution is 2.80. The van der Waals surface area contributed by atoms with E-state index in [0.717, 1.165) is 44.1 Å². The molecule has 2 spiro atoms. The molecule has 5 heterocycles. The van der Waals surface area contributed by atoms with E-state index >= 15 is 0 Å². The molecule has 0 aromatic heterocycles. The quantitative estimate of drug-likeness (QED) is 0.120. The molecule has 0 aromatic rings. The maximum Gasteiger partial charge on any atom is 0.187 e. The molecule has 9 aliphatic rings. The number of hydrogen-bond acceptors (Lipinski definition) is 17. The summed E-state index contributed by atoms with van der Waals surface area (Å²) in [7, 11) is 0. The van der Waals surface area contributed by atoms with E-state index in [1.807, 2.05) is 6.92 Å². The van der Waals surface area contributed by atoms with E-state index in [1.54, 1.807) is 0 Å². The van der Waals surface area contributed by atoms with Gasteiger partial charge in [0.25, 0.3) is 0 Å². The normalized spacial score (nSPS) is 57.4. The van der Waals surface area contributed by atoms with E-state index < -0.39 is 103 Å². The summed E-state index contributed by atoms with van der Waals surface area (Å²) in [4.78, 5) is 0. The third-order valence-electron chi connectivity index (χ3n) is 18.4. The van der Waals surface area contributed by atoms with Crippen LogP contribution in [0.25, 0.3) is 0 Å². The highest BCUT2D eigenvalue weighted by Gasteiger charge is 2.81. The molecule has 9 N–H and O–H groups in total. The molecule has 0 radical (unpaired) electrons. The lowest BCUT2D eigenvalue weighted by Gasteiger charge is -2.70. The summed E-state index contributed by atoms with van der Waals surface area (Å²) in [5, 5.41) is 97.0. The van der Waals surface area contributed by atoms with Crippen molar-refractivity contribution in [2.75, 3.05) is 26.4 Å². The lowest BCUT2D eigenvalue weighted by atomic mass is 9.35. The van der Waals surface area contributed by atoms with Crippen LogP contribution in [0.1, 0.15) is 99.8 Å². The molecule has 0 aromatic carbocycles. The van der Waals surface area contributed by atoms with Gasteiger partial charge in [-0.25, -0.2) is 0 Å². The molecule has 4 aliphatic carbocycles. The molecule has 63 heavy (non-hydrogen) atoms. The fourth-order valence-electron chi connectivity index (χ4n) is 15.5. The van der Waals surface area contributed by atoms with Gasteiger partial charge < -0.3 is 83.9 Å². The maximum absolute atomic E-state index is 12.2. The molecule has 360 valence electrons. The lowest BCUT2D eigenvalue weighted by molar-refractivity contribution is -0.384. The molecule has 0 amide bonds. The Morgan fingerprint density at radius 2 is 1.40 bits per heavy atom. The first-order valence-corrected chi connectivity index (χ1v) is 23.4. The van der Waals surface area contributed by atoms with Crippen LogP contribution in [0.15, 0.2) is 11.6 Å². The van der Waals surface area contributed by atoms with E-state index in [4.69, 9.17) is 37.9 Å². The minimum Gasteiger partial charge on any atom is -0.394 e. The summed E-state index contributed by atoms with van der Waals surface area (Å²) in [6.07, 6.45) is -11.4. The van der Waals surface area contributed by atoms with Crippen LogP contribution < -0.4 is 0 Å². The molecular formula is C46H74O17. The van der Waals surface area contributed by atoms with Crippen LogP contribution in [-0.4, -0.2) is 176 Å². The summed E-state index contributed by atoms with van der Waals surface area (Å²) in [5.74, 6) is -0.0244. The van der Waals surface area contributed by atoms with E-state index in [2.05, 4.69) is 47.6 Å². The van der Waals surface area contributed by atoms with Crippen LogP contribution in [0.5, 0.6) is 0 Å². The fourth-order valence-corrected chi connectivity index (χ4v) is 15.5. The monoisotopic (exact) mass is 898 g/mol. The van der Waals surface area contributed by atoms with Gasteiger partial charge in [0.15, 0.2) is 24.7 Å². The minimum absolute atomic E-state index is 0.0628. The van der Waals surface area contributed by atoms with Crippen molar-refractivity contribution in [3.8, 4) is 0 Å². The summed E-state index contributed by atoms with van der Waals surface area (Å²) in [6, 6.07) is 0. The zero-order valence-electron chi connectivity index (χ0n) is 37.8. The third-order valence-corrected chi connectivity index (χ3v) is 18.4. The van der Waals surface area contributed by atoms with Gasteiger partial charge in [0.2, 0.25) is 0 Å². The van der Waals surface area contributed by atoms with Gasteiger partial charge in [0.05, 0.1) is 44.2 Å². The first-order chi connectivity index (χ1) is 29.5. The number of rotatable bonds is 8. The molecule has 9 rings (SSSR count). The van der Waals surface area contributed by atoms with E-state index in [9.17, 15) is 46.0 Å². The Kier molecular flexibility index (Phi) is 12.2. The summed E-state index contributed by atoms with van der Waals surface area (Å²) < 4.78 is 50.6. The van der Waals surface area contributed by atoms with Crippen molar-refractivity contribution in [1.29, 1.82) is 0 Å². The number of allylic oxidation sites excluding steroid dienone is 1. The van der Waals surface area contributed by atoms with Crippen LogP contribution in [0.3, 0.4) is 0 Å². The Morgan fingerprint density at radius 3 is 2.11 bits per heavy atom. The van der Waals surface area contributed by atoms with Gasteiger partial charge in [0.1, 0.15) is 61.0 Å². The molecule has 17 nitrogen and oxygen atoms in total. The zero-order chi connectivity index (χ0) is 45.4. The van der Waals surface area contributed by atoms with E-state index in [1.165, 1.54) is 0 Å². The Balaban J connectivity index is 0.969. The SMILES string of the molecule is CC(C)=C[C@@H]1C[C@](C)(O)[C@H]2[C@@H]3CC[C@@H]4[C@@]5(C)CC[C@H](O[C@H]6OC[C@H](O)[C@@H](O[C@H]7O[C@@H](CO)[C@H](O)[C@@H](O)[C@@H]7O)[C@@H]6O[C@H]6OC[C@H](O)[C@@H](O)[C@@H]6O)C(C)(C)[C@H]5CC[C@]4(C)[C@@]34CO[C@@]2(C4)O1. The van der Waals surface area contributed by atoms with Gasteiger partial charge in [-0.1, -0.05) is 39.3 Å². The van der Waals surface area contributed by atoms with Gasteiger partial charge in [-0.2, -0.15) is 0 Å². The number of fused-ring (bicyclic) bond motifs is 4. The molecule has 17 heteroatoms. The van der Waals surface area contributed by atoms with Gasteiger partial charge in [-0.3, -0.25) is 0 Å². The number of ether oxygens (including phenoxy) is 8. The standard InChI is InChI=1S/C46H74O17/c1-21(2)14-22-15-44(7,55)37-23-8-9-28-42(5)12-11-29(41(3,4)27(42)10-13-43(28,6)45(23)19-46(37,63-22)58-20-45)60-40-36(62-38-33(53)30(50)24(48)17-56-38)35(25(49)18-57-40)61-39-34(54)32(52)31(51)26(16-47)59-39/h14,22-40,47-55H,8-13,15-20H2,1-7H3/t22-,23+,24+,25+,26+,27-,28-,29+,30-,31+,32-,33+,34+,35-,36+,37-,38-,39-,40-,42+,43+,44+,45+,46+/m1/s1. The van der Waals surface area contributed by atoms with Crippen LogP contribution >= 0.6 is 0 Å². The van der Waals surface area contributed by atoms with Gasteiger partial charge in [0, 0.05) is 24.2 Å². The molecule has 4 saturated carbocycles. The second-order valence-corrected chi connectivity index (χ2v) is 22.5. The molecule has 0 unspecified atom stereocenters. The molecular weight excluding hydrogens is 824 g/mol. The predicted molar refractivity (Wildman–Crippen MR) is 219 cm³/mol. The molecule has 5 saturated heterocycles. The van der Waals surface area contributed by atoms with Gasteiger partial charge in [-0.05, 0) is 93.3 Å². The highest BCUT2D eigenvalue weighted by atomic mass is 16.8. The van der Waals surface area contributed by atoms with E-state index in [-0.39, 0.29) is 59.4 Å². The zero-order valence-corrected chi connectivity index (χ0v) is 37.8. The second kappa shape index (κ2) is 16.4.